The van der Waals surface area contributed by atoms with E-state index in [1.807, 2.05) is 0 Å². The number of benzene rings is 7. The average molecular weight is 532 g/mol. The normalized spacial score (nSPS) is 13.9. The second-order valence-corrected chi connectivity index (χ2v) is 11.6. The third kappa shape index (κ3) is 2.52. The van der Waals surface area contributed by atoms with Crippen molar-refractivity contribution in [3.05, 3.63) is 174 Å². The fourth-order valence-electron chi connectivity index (χ4n) is 8.29. The smallest absolute Gasteiger partial charge is 0.0725 e. The van der Waals surface area contributed by atoms with Crippen LogP contribution in [0.25, 0.3) is 60.5 Å². The molecule has 0 aliphatic heterocycles. The minimum Gasteiger partial charge on any atom is -0.309 e. The van der Waals surface area contributed by atoms with Crippen LogP contribution in [0.1, 0.15) is 22.3 Å². The summed E-state index contributed by atoms with van der Waals surface area (Å²) in [7, 11) is 0. The SMILES string of the molecule is c1ccc(-n2c3ccc4c(c3c3ccc5ccccc5c32)-c2ccccc2C42c3ccccc3-c3ccccc32)cc1. The molecule has 0 amide bonds. The maximum absolute atomic E-state index is 2.48. The molecule has 1 heteroatoms. The quantitative estimate of drug-likeness (QED) is 0.199. The zero-order chi connectivity index (χ0) is 27.4. The topological polar surface area (TPSA) is 4.93 Å². The van der Waals surface area contributed by atoms with Gasteiger partial charge in [0.15, 0.2) is 0 Å². The summed E-state index contributed by atoms with van der Waals surface area (Å²) in [5, 5.41) is 5.18. The van der Waals surface area contributed by atoms with Crippen molar-refractivity contribution < 1.29 is 0 Å². The molecule has 7 aromatic carbocycles. The highest BCUT2D eigenvalue weighted by molar-refractivity contribution is 6.24. The predicted octanol–water partition coefficient (Wildman–Crippen LogP) is 10.3. The van der Waals surface area contributed by atoms with Crippen LogP contribution in [0, 0.1) is 0 Å². The van der Waals surface area contributed by atoms with Crippen molar-refractivity contribution in [2.24, 2.45) is 0 Å². The van der Waals surface area contributed by atoms with E-state index in [1.54, 1.807) is 0 Å². The van der Waals surface area contributed by atoms with Gasteiger partial charge in [0.05, 0.1) is 16.4 Å². The summed E-state index contributed by atoms with van der Waals surface area (Å²) in [6, 6.07) is 56.3. The summed E-state index contributed by atoms with van der Waals surface area (Å²) in [5.74, 6) is 0. The molecule has 0 atom stereocenters. The van der Waals surface area contributed by atoms with Crippen molar-refractivity contribution in [2.45, 2.75) is 5.41 Å². The summed E-state index contributed by atoms with van der Waals surface area (Å²) < 4.78 is 2.48. The summed E-state index contributed by atoms with van der Waals surface area (Å²) in [6.07, 6.45) is 0. The fraction of sp³-hybridized carbons (Fsp3) is 0.0244. The monoisotopic (exact) mass is 531 g/mol. The number of aromatic nitrogens is 1. The molecule has 0 saturated heterocycles. The van der Waals surface area contributed by atoms with E-state index in [4.69, 9.17) is 0 Å². The van der Waals surface area contributed by atoms with Gasteiger partial charge in [-0.1, -0.05) is 133 Å². The Labute approximate surface area is 243 Å². The van der Waals surface area contributed by atoms with Gasteiger partial charge in [-0.25, -0.2) is 0 Å². The van der Waals surface area contributed by atoms with Crippen molar-refractivity contribution in [1.82, 2.24) is 4.57 Å². The molecule has 2 aliphatic rings. The molecule has 8 aromatic rings. The van der Waals surface area contributed by atoms with Crippen LogP contribution >= 0.6 is 0 Å². The Morgan fingerprint density at radius 1 is 0.405 bits per heavy atom. The lowest BCUT2D eigenvalue weighted by molar-refractivity contribution is 0.794. The Morgan fingerprint density at radius 2 is 1.00 bits per heavy atom. The number of hydrogen-bond acceptors (Lipinski definition) is 0. The van der Waals surface area contributed by atoms with Gasteiger partial charge in [0.1, 0.15) is 0 Å². The van der Waals surface area contributed by atoms with E-state index >= 15 is 0 Å². The molecule has 0 saturated carbocycles. The number of hydrogen-bond donors (Lipinski definition) is 0. The Balaban J connectivity index is 1.45. The van der Waals surface area contributed by atoms with Crippen molar-refractivity contribution in [2.75, 3.05) is 0 Å². The third-order valence-electron chi connectivity index (χ3n) is 9.79. The Morgan fingerprint density at radius 3 is 1.74 bits per heavy atom. The van der Waals surface area contributed by atoms with Crippen LogP contribution in [-0.4, -0.2) is 4.57 Å². The standard InChI is InChI=1S/C41H25N/c1-2-13-27(14-3-1)42-37-25-24-36-38(39(37)32-23-22-26-12-4-5-15-28(26)40(32)42)31-18-8-11-21-35(31)41(36)33-19-9-6-16-29(33)30-17-7-10-20-34(30)41/h1-25H. The molecule has 10 rings (SSSR count). The number of nitrogens with zero attached hydrogens (tertiary/aromatic N) is 1. The lowest BCUT2D eigenvalue weighted by Crippen LogP contribution is -2.25. The van der Waals surface area contributed by atoms with Crippen LogP contribution in [0.15, 0.2) is 152 Å². The first-order chi connectivity index (χ1) is 20.9. The van der Waals surface area contributed by atoms with E-state index in [1.165, 1.54) is 82.8 Å². The predicted molar refractivity (Wildman–Crippen MR) is 175 cm³/mol. The van der Waals surface area contributed by atoms with E-state index < -0.39 is 0 Å². The minimum absolute atomic E-state index is 0.342. The molecule has 0 unspecified atom stereocenters. The summed E-state index contributed by atoms with van der Waals surface area (Å²) in [5.41, 5.74) is 14.3. The van der Waals surface area contributed by atoms with Crippen molar-refractivity contribution in [3.8, 4) is 27.9 Å². The van der Waals surface area contributed by atoms with Gasteiger partial charge in [0, 0.05) is 21.8 Å². The van der Waals surface area contributed by atoms with Crippen molar-refractivity contribution >= 4 is 32.6 Å². The highest BCUT2D eigenvalue weighted by Gasteiger charge is 2.52. The molecule has 0 bridgehead atoms. The summed E-state index contributed by atoms with van der Waals surface area (Å²) >= 11 is 0. The highest BCUT2D eigenvalue weighted by atomic mass is 15.0. The first-order valence-corrected chi connectivity index (χ1v) is 14.7. The van der Waals surface area contributed by atoms with Crippen LogP contribution in [-0.2, 0) is 5.41 Å². The molecule has 0 fully saturated rings. The van der Waals surface area contributed by atoms with Crippen LogP contribution < -0.4 is 0 Å². The van der Waals surface area contributed by atoms with Gasteiger partial charge in [0.2, 0.25) is 0 Å². The Kier molecular flexibility index (Phi) is 4.18. The highest BCUT2D eigenvalue weighted by Crippen LogP contribution is 2.64. The second kappa shape index (κ2) is 7.87. The summed E-state index contributed by atoms with van der Waals surface area (Å²) in [6.45, 7) is 0. The number of rotatable bonds is 1. The Hall–Kier alpha value is -5.40. The van der Waals surface area contributed by atoms with E-state index in [0.29, 0.717) is 0 Å². The molecular formula is C41H25N. The number of fused-ring (bicyclic) bond motifs is 16. The molecule has 1 aromatic heterocycles. The maximum atomic E-state index is 2.48. The average Bonchev–Trinajstić information content (AvgIpc) is 3.67. The van der Waals surface area contributed by atoms with Crippen LogP contribution in [0.5, 0.6) is 0 Å². The number of para-hydroxylation sites is 1. The van der Waals surface area contributed by atoms with Crippen LogP contribution in [0.3, 0.4) is 0 Å². The van der Waals surface area contributed by atoms with E-state index in [9.17, 15) is 0 Å². The molecule has 0 radical (unpaired) electrons. The molecule has 0 N–H and O–H groups in total. The molecule has 1 spiro atoms. The first kappa shape index (κ1) is 22.3. The molecule has 1 heterocycles. The van der Waals surface area contributed by atoms with Crippen LogP contribution in [0.2, 0.25) is 0 Å². The second-order valence-electron chi connectivity index (χ2n) is 11.6. The van der Waals surface area contributed by atoms with E-state index in [0.717, 1.165) is 0 Å². The zero-order valence-corrected chi connectivity index (χ0v) is 22.9. The molecular weight excluding hydrogens is 506 g/mol. The maximum Gasteiger partial charge on any atom is 0.0725 e. The van der Waals surface area contributed by atoms with Gasteiger partial charge in [-0.15, -0.1) is 0 Å². The Bertz CT molecular complexity index is 2360. The zero-order valence-electron chi connectivity index (χ0n) is 22.9. The molecule has 194 valence electrons. The van der Waals surface area contributed by atoms with E-state index in [2.05, 4.69) is 156 Å². The van der Waals surface area contributed by atoms with Gasteiger partial charge >= 0.3 is 0 Å². The molecule has 42 heavy (non-hydrogen) atoms. The minimum atomic E-state index is -0.342. The first-order valence-electron chi connectivity index (χ1n) is 14.7. The van der Waals surface area contributed by atoms with Gasteiger partial charge < -0.3 is 4.57 Å². The summed E-state index contributed by atoms with van der Waals surface area (Å²) in [4.78, 5) is 0. The molecule has 2 aliphatic carbocycles. The fourth-order valence-corrected chi connectivity index (χ4v) is 8.29. The van der Waals surface area contributed by atoms with Gasteiger partial charge in [-0.2, -0.15) is 0 Å². The molecule has 1 nitrogen and oxygen atoms in total. The van der Waals surface area contributed by atoms with Gasteiger partial charge in [-0.05, 0) is 68.1 Å². The van der Waals surface area contributed by atoms with Crippen LogP contribution in [0.4, 0.5) is 0 Å². The lowest BCUT2D eigenvalue weighted by Gasteiger charge is -2.30. The lowest BCUT2D eigenvalue weighted by atomic mass is 9.70. The van der Waals surface area contributed by atoms with Gasteiger partial charge in [0.25, 0.3) is 0 Å². The largest absolute Gasteiger partial charge is 0.309 e. The third-order valence-corrected chi connectivity index (χ3v) is 9.79. The van der Waals surface area contributed by atoms with E-state index in [-0.39, 0.29) is 5.41 Å². The van der Waals surface area contributed by atoms with Crippen molar-refractivity contribution in [1.29, 1.82) is 0 Å². The van der Waals surface area contributed by atoms with Gasteiger partial charge in [-0.3, -0.25) is 0 Å². The van der Waals surface area contributed by atoms with Crippen molar-refractivity contribution in [3.63, 3.8) is 0 Å².